The Hall–Kier alpha value is -1.12. The predicted molar refractivity (Wildman–Crippen MR) is 75.9 cm³/mol. The fraction of sp³-hybridized carbons (Fsp3) is 0.417. The van der Waals surface area contributed by atoms with Gasteiger partial charge in [-0.05, 0) is 24.5 Å². The van der Waals surface area contributed by atoms with Gasteiger partial charge in [0.05, 0.1) is 17.6 Å². The molecule has 0 aliphatic heterocycles. The highest BCUT2D eigenvalue weighted by molar-refractivity contribution is 7.98. The summed E-state index contributed by atoms with van der Waals surface area (Å²) in [6.07, 6.45) is 1.85. The van der Waals surface area contributed by atoms with E-state index in [2.05, 4.69) is 4.74 Å². The predicted octanol–water partition coefficient (Wildman–Crippen LogP) is 1.60. The van der Waals surface area contributed by atoms with E-state index in [0.717, 1.165) is 29.6 Å². The summed E-state index contributed by atoms with van der Waals surface area (Å²) >= 11 is 1.49. The summed E-state index contributed by atoms with van der Waals surface area (Å²) in [7, 11) is -1.42. The number of rotatable bonds is 6. The van der Waals surface area contributed by atoms with E-state index in [4.69, 9.17) is 0 Å². The molecule has 8 heteroatoms. The number of carbonyl (C=O) groups is 1. The zero-order valence-electron chi connectivity index (χ0n) is 11.4. The van der Waals surface area contributed by atoms with Gasteiger partial charge in [0.1, 0.15) is 5.82 Å². The molecular weight excluding hydrogens is 305 g/mol. The summed E-state index contributed by atoms with van der Waals surface area (Å²) < 4.78 is 43.7. The van der Waals surface area contributed by atoms with Gasteiger partial charge in [-0.3, -0.25) is 0 Å². The molecular formula is C12H16FNO4S2. The lowest BCUT2D eigenvalue weighted by Gasteiger charge is -2.18. The molecule has 0 atom stereocenters. The molecule has 0 spiro atoms. The van der Waals surface area contributed by atoms with Crippen LogP contribution in [0.15, 0.2) is 23.1 Å². The van der Waals surface area contributed by atoms with Crippen LogP contribution in [0.5, 0.6) is 0 Å². The van der Waals surface area contributed by atoms with Gasteiger partial charge < -0.3 is 4.74 Å². The van der Waals surface area contributed by atoms with Crippen molar-refractivity contribution in [1.82, 2.24) is 4.31 Å². The average Bonchev–Trinajstić information content (AvgIpc) is 2.43. The minimum Gasteiger partial charge on any atom is -0.465 e. The molecule has 1 aromatic rings. The Balaban J connectivity index is 3.29. The second kappa shape index (κ2) is 7.05. The van der Waals surface area contributed by atoms with Gasteiger partial charge in [-0.2, -0.15) is 11.8 Å². The normalized spacial score (nSPS) is 11.7. The van der Waals surface area contributed by atoms with Crippen LogP contribution in [0.25, 0.3) is 0 Å². The van der Waals surface area contributed by atoms with Crippen LogP contribution in [-0.2, 0) is 14.8 Å². The van der Waals surface area contributed by atoms with Crippen molar-refractivity contribution in [2.45, 2.75) is 4.90 Å². The van der Waals surface area contributed by atoms with Gasteiger partial charge in [-0.1, -0.05) is 0 Å². The van der Waals surface area contributed by atoms with Crippen LogP contribution in [0, 0.1) is 5.82 Å². The molecule has 0 aliphatic carbocycles. The molecule has 1 aromatic carbocycles. The molecule has 112 valence electrons. The van der Waals surface area contributed by atoms with Crippen LogP contribution in [-0.4, -0.2) is 51.4 Å². The van der Waals surface area contributed by atoms with E-state index in [-0.39, 0.29) is 17.0 Å². The maximum Gasteiger partial charge on any atom is 0.339 e. The minimum atomic E-state index is -3.94. The third-order valence-electron chi connectivity index (χ3n) is 2.65. The summed E-state index contributed by atoms with van der Waals surface area (Å²) in [6, 6.07) is 2.96. The van der Waals surface area contributed by atoms with Crippen LogP contribution in [0.2, 0.25) is 0 Å². The van der Waals surface area contributed by atoms with Gasteiger partial charge >= 0.3 is 5.97 Å². The third-order valence-corrected chi connectivity index (χ3v) is 5.14. The van der Waals surface area contributed by atoms with E-state index >= 15 is 0 Å². The first kappa shape index (κ1) is 16.9. The largest absolute Gasteiger partial charge is 0.465 e. The Labute approximate surface area is 122 Å². The number of hydrogen-bond acceptors (Lipinski definition) is 5. The van der Waals surface area contributed by atoms with E-state index in [1.165, 1.54) is 18.8 Å². The third kappa shape index (κ3) is 3.71. The zero-order valence-corrected chi connectivity index (χ0v) is 13.1. The van der Waals surface area contributed by atoms with Gasteiger partial charge in [0.2, 0.25) is 10.0 Å². The molecule has 0 fully saturated rings. The van der Waals surface area contributed by atoms with Crippen molar-refractivity contribution in [3.05, 3.63) is 29.6 Å². The van der Waals surface area contributed by atoms with Crippen molar-refractivity contribution in [1.29, 1.82) is 0 Å². The molecule has 0 N–H and O–H groups in total. The Morgan fingerprint density at radius 2 is 2.10 bits per heavy atom. The maximum atomic E-state index is 13.3. The number of carbonyl (C=O) groups excluding carboxylic acids is 1. The van der Waals surface area contributed by atoms with E-state index in [1.54, 1.807) is 0 Å². The smallest absolute Gasteiger partial charge is 0.339 e. The topological polar surface area (TPSA) is 63.7 Å². The van der Waals surface area contributed by atoms with E-state index in [9.17, 15) is 17.6 Å². The lowest BCUT2D eigenvalue weighted by Crippen LogP contribution is -2.30. The van der Waals surface area contributed by atoms with Gasteiger partial charge in [0, 0.05) is 19.3 Å². The molecule has 0 amide bonds. The summed E-state index contributed by atoms with van der Waals surface area (Å²) in [4.78, 5) is 11.2. The Bertz CT molecular complexity index is 589. The minimum absolute atomic E-state index is 0.176. The first-order valence-corrected chi connectivity index (χ1v) is 8.51. The van der Waals surface area contributed by atoms with Crippen molar-refractivity contribution in [2.24, 2.45) is 0 Å². The summed E-state index contributed by atoms with van der Waals surface area (Å²) in [6.45, 7) is 0.265. The number of thioether (sulfide) groups is 1. The number of esters is 1. The average molecular weight is 321 g/mol. The quantitative estimate of drug-likeness (QED) is 0.745. The van der Waals surface area contributed by atoms with Gasteiger partial charge in [-0.15, -0.1) is 0 Å². The number of nitrogens with zero attached hydrogens (tertiary/aromatic N) is 1. The van der Waals surface area contributed by atoms with E-state index in [1.807, 2.05) is 6.26 Å². The van der Waals surface area contributed by atoms with Gasteiger partial charge in [-0.25, -0.2) is 21.9 Å². The summed E-state index contributed by atoms with van der Waals surface area (Å²) in [5.74, 6) is -0.949. The fourth-order valence-electron chi connectivity index (χ4n) is 1.50. The van der Waals surface area contributed by atoms with Crippen molar-refractivity contribution >= 4 is 27.8 Å². The Kier molecular flexibility index (Phi) is 5.97. The number of sulfonamides is 1. The molecule has 0 saturated heterocycles. The number of hydrogen-bond donors (Lipinski definition) is 0. The van der Waals surface area contributed by atoms with E-state index < -0.39 is 21.8 Å². The van der Waals surface area contributed by atoms with Crippen LogP contribution < -0.4 is 0 Å². The van der Waals surface area contributed by atoms with Crippen molar-refractivity contribution in [3.63, 3.8) is 0 Å². The number of ether oxygens (including phenoxy) is 1. The van der Waals surface area contributed by atoms with Crippen LogP contribution in [0.4, 0.5) is 4.39 Å². The molecule has 0 radical (unpaired) electrons. The summed E-state index contributed by atoms with van der Waals surface area (Å²) in [5, 5.41) is 0. The monoisotopic (exact) mass is 321 g/mol. The number of methoxy groups -OCH3 is 1. The Morgan fingerprint density at radius 3 is 2.65 bits per heavy atom. The molecule has 0 aromatic heterocycles. The molecule has 0 unspecified atom stereocenters. The van der Waals surface area contributed by atoms with Crippen LogP contribution >= 0.6 is 11.8 Å². The zero-order chi connectivity index (χ0) is 15.3. The first-order valence-electron chi connectivity index (χ1n) is 5.67. The highest BCUT2D eigenvalue weighted by Crippen LogP contribution is 2.21. The molecule has 0 aliphatic rings. The van der Waals surface area contributed by atoms with Gasteiger partial charge in [0.15, 0.2) is 0 Å². The second-order valence-corrected chi connectivity index (χ2v) is 6.95. The summed E-state index contributed by atoms with van der Waals surface area (Å²) in [5.41, 5.74) is -0.176. The van der Waals surface area contributed by atoms with Gasteiger partial charge in [0.25, 0.3) is 0 Å². The van der Waals surface area contributed by atoms with Crippen molar-refractivity contribution < 1.29 is 22.3 Å². The highest BCUT2D eigenvalue weighted by atomic mass is 32.2. The number of halogens is 1. The standard InChI is InChI=1S/C12H16FNO4S2/c1-14(6-7-19-3)20(16,17)11-8-9(13)4-5-10(11)12(15)18-2/h4-5,8H,6-7H2,1-3H3. The second-order valence-electron chi connectivity index (χ2n) is 3.95. The highest BCUT2D eigenvalue weighted by Gasteiger charge is 2.27. The fourth-order valence-corrected chi connectivity index (χ4v) is 3.43. The molecule has 0 saturated carbocycles. The molecule has 1 rings (SSSR count). The molecule has 20 heavy (non-hydrogen) atoms. The molecule has 0 heterocycles. The molecule has 0 bridgehead atoms. The Morgan fingerprint density at radius 1 is 1.45 bits per heavy atom. The SMILES string of the molecule is COC(=O)c1ccc(F)cc1S(=O)(=O)N(C)CCSC. The maximum absolute atomic E-state index is 13.3. The van der Waals surface area contributed by atoms with Crippen molar-refractivity contribution in [3.8, 4) is 0 Å². The lowest BCUT2D eigenvalue weighted by atomic mass is 10.2. The van der Waals surface area contributed by atoms with Crippen LogP contribution in [0.3, 0.4) is 0 Å². The van der Waals surface area contributed by atoms with Crippen LogP contribution in [0.1, 0.15) is 10.4 Å². The number of benzene rings is 1. The van der Waals surface area contributed by atoms with E-state index in [0.29, 0.717) is 5.75 Å². The van der Waals surface area contributed by atoms with Crippen molar-refractivity contribution in [2.75, 3.05) is 32.7 Å². The lowest BCUT2D eigenvalue weighted by molar-refractivity contribution is 0.0596. The first-order chi connectivity index (χ1) is 9.34. The molecule has 5 nitrogen and oxygen atoms in total.